The molecule has 0 amide bonds. The van der Waals surface area contributed by atoms with Gasteiger partial charge in [-0.1, -0.05) is 19.1 Å². The molecule has 2 rings (SSSR count). The summed E-state index contributed by atoms with van der Waals surface area (Å²) in [5.74, 6) is -0.109. The van der Waals surface area contributed by atoms with Gasteiger partial charge >= 0.3 is 0 Å². The number of halogens is 1. The molecule has 0 aliphatic carbocycles. The second-order valence-corrected chi connectivity index (χ2v) is 4.18. The largest absolute Gasteiger partial charge is 0.494 e. The van der Waals surface area contributed by atoms with Gasteiger partial charge in [-0.15, -0.1) is 0 Å². The fourth-order valence-electron chi connectivity index (χ4n) is 1.89. The molecule has 0 aliphatic heterocycles. The number of ether oxygens (including phenoxy) is 1. The Morgan fingerprint density at radius 1 is 1.32 bits per heavy atom. The quantitative estimate of drug-likeness (QED) is 0.897. The van der Waals surface area contributed by atoms with Gasteiger partial charge in [0.05, 0.1) is 7.11 Å². The summed E-state index contributed by atoms with van der Waals surface area (Å²) in [7, 11) is 1.46. The van der Waals surface area contributed by atoms with Crippen LogP contribution in [0, 0.1) is 5.82 Å². The Morgan fingerprint density at radius 3 is 2.89 bits per heavy atom. The molecule has 0 saturated heterocycles. The standard InChI is InChI=1S/C15H17FN2O/c1-3-17-8-11-7-12(10-18-9-11)13-5-4-6-14(19-2)15(13)16/h4-7,9-10,17H,3,8H2,1-2H3. The molecule has 0 spiro atoms. The van der Waals surface area contributed by atoms with Crippen LogP contribution in [0.1, 0.15) is 12.5 Å². The Hall–Kier alpha value is -1.94. The maximum absolute atomic E-state index is 14.2. The highest BCUT2D eigenvalue weighted by Gasteiger charge is 2.10. The molecule has 4 heteroatoms. The van der Waals surface area contributed by atoms with Crippen molar-refractivity contribution in [2.75, 3.05) is 13.7 Å². The van der Waals surface area contributed by atoms with Gasteiger partial charge in [-0.2, -0.15) is 0 Å². The van der Waals surface area contributed by atoms with Gasteiger partial charge in [-0.05, 0) is 24.2 Å². The summed E-state index contributed by atoms with van der Waals surface area (Å²) < 4.78 is 19.2. The summed E-state index contributed by atoms with van der Waals surface area (Å²) in [5.41, 5.74) is 2.29. The van der Waals surface area contributed by atoms with Crippen LogP contribution in [-0.2, 0) is 6.54 Å². The number of methoxy groups -OCH3 is 1. The van der Waals surface area contributed by atoms with Crippen LogP contribution < -0.4 is 10.1 Å². The second kappa shape index (κ2) is 6.29. The zero-order chi connectivity index (χ0) is 13.7. The van der Waals surface area contributed by atoms with Crippen LogP contribution in [-0.4, -0.2) is 18.6 Å². The summed E-state index contributed by atoms with van der Waals surface area (Å²) in [6, 6.07) is 7.04. The Morgan fingerprint density at radius 2 is 2.16 bits per heavy atom. The van der Waals surface area contributed by atoms with Gasteiger partial charge in [0, 0.05) is 30.1 Å². The topological polar surface area (TPSA) is 34.2 Å². The molecule has 0 fully saturated rings. The van der Waals surface area contributed by atoms with Crippen molar-refractivity contribution in [3.8, 4) is 16.9 Å². The van der Waals surface area contributed by atoms with E-state index >= 15 is 0 Å². The summed E-state index contributed by atoms with van der Waals surface area (Å²) in [4.78, 5) is 4.16. The van der Waals surface area contributed by atoms with E-state index in [4.69, 9.17) is 4.74 Å². The van der Waals surface area contributed by atoms with E-state index in [2.05, 4.69) is 10.3 Å². The van der Waals surface area contributed by atoms with Crippen molar-refractivity contribution in [1.29, 1.82) is 0 Å². The minimum atomic E-state index is -0.354. The zero-order valence-corrected chi connectivity index (χ0v) is 11.1. The molecule has 0 saturated carbocycles. The Kier molecular flexibility index (Phi) is 4.47. The van der Waals surface area contributed by atoms with Crippen molar-refractivity contribution in [3.05, 3.63) is 48.0 Å². The molecular formula is C15H17FN2O. The van der Waals surface area contributed by atoms with E-state index in [0.29, 0.717) is 5.56 Å². The Bertz CT molecular complexity index is 558. The summed E-state index contributed by atoms with van der Waals surface area (Å²) >= 11 is 0. The first kappa shape index (κ1) is 13.5. The van der Waals surface area contributed by atoms with Crippen molar-refractivity contribution in [2.45, 2.75) is 13.5 Å². The predicted octanol–water partition coefficient (Wildman–Crippen LogP) is 3.01. The SMILES string of the molecule is CCNCc1cncc(-c2cccc(OC)c2F)c1. The maximum Gasteiger partial charge on any atom is 0.172 e. The summed E-state index contributed by atoms with van der Waals surface area (Å²) in [6.45, 7) is 3.65. The van der Waals surface area contributed by atoms with Crippen LogP contribution in [0.15, 0.2) is 36.7 Å². The number of aromatic nitrogens is 1. The predicted molar refractivity (Wildman–Crippen MR) is 73.6 cm³/mol. The van der Waals surface area contributed by atoms with Crippen molar-refractivity contribution < 1.29 is 9.13 Å². The minimum Gasteiger partial charge on any atom is -0.494 e. The Labute approximate surface area is 112 Å². The molecule has 0 unspecified atom stereocenters. The smallest absolute Gasteiger partial charge is 0.172 e. The van der Waals surface area contributed by atoms with E-state index in [9.17, 15) is 4.39 Å². The molecular weight excluding hydrogens is 243 g/mol. The van der Waals surface area contributed by atoms with E-state index in [1.807, 2.05) is 13.0 Å². The van der Waals surface area contributed by atoms with E-state index in [0.717, 1.165) is 24.2 Å². The number of pyridine rings is 1. The van der Waals surface area contributed by atoms with Gasteiger partial charge in [0.25, 0.3) is 0 Å². The zero-order valence-electron chi connectivity index (χ0n) is 11.1. The normalized spacial score (nSPS) is 10.5. The first-order valence-electron chi connectivity index (χ1n) is 6.23. The number of hydrogen-bond acceptors (Lipinski definition) is 3. The molecule has 3 nitrogen and oxygen atoms in total. The molecule has 0 aliphatic rings. The third-order valence-electron chi connectivity index (χ3n) is 2.87. The number of rotatable bonds is 5. The van der Waals surface area contributed by atoms with E-state index in [1.165, 1.54) is 7.11 Å². The number of hydrogen-bond donors (Lipinski definition) is 1. The number of benzene rings is 1. The van der Waals surface area contributed by atoms with Crippen molar-refractivity contribution >= 4 is 0 Å². The molecule has 100 valence electrons. The molecule has 1 heterocycles. The van der Waals surface area contributed by atoms with Crippen LogP contribution in [0.25, 0.3) is 11.1 Å². The summed E-state index contributed by atoms with van der Waals surface area (Å²) in [6.07, 6.45) is 3.44. The first-order chi connectivity index (χ1) is 9.26. The fourth-order valence-corrected chi connectivity index (χ4v) is 1.89. The molecule has 1 N–H and O–H groups in total. The highest BCUT2D eigenvalue weighted by molar-refractivity contribution is 5.65. The van der Waals surface area contributed by atoms with Gasteiger partial charge < -0.3 is 10.1 Å². The highest BCUT2D eigenvalue weighted by atomic mass is 19.1. The van der Waals surface area contributed by atoms with Crippen LogP contribution >= 0.6 is 0 Å². The number of nitrogens with zero attached hydrogens (tertiary/aromatic N) is 1. The van der Waals surface area contributed by atoms with Crippen LogP contribution in [0.5, 0.6) is 5.75 Å². The van der Waals surface area contributed by atoms with Crippen molar-refractivity contribution in [2.24, 2.45) is 0 Å². The first-order valence-corrected chi connectivity index (χ1v) is 6.23. The molecule has 2 aromatic rings. The maximum atomic E-state index is 14.2. The molecule has 0 bridgehead atoms. The molecule has 1 aromatic carbocycles. The third-order valence-corrected chi connectivity index (χ3v) is 2.87. The lowest BCUT2D eigenvalue weighted by atomic mass is 10.0. The highest BCUT2D eigenvalue weighted by Crippen LogP contribution is 2.28. The van der Waals surface area contributed by atoms with E-state index in [-0.39, 0.29) is 11.6 Å². The number of nitrogens with one attached hydrogen (secondary N) is 1. The van der Waals surface area contributed by atoms with Crippen molar-refractivity contribution in [3.63, 3.8) is 0 Å². The Balaban J connectivity index is 2.36. The fraction of sp³-hybridized carbons (Fsp3) is 0.267. The molecule has 0 atom stereocenters. The molecule has 0 radical (unpaired) electrons. The van der Waals surface area contributed by atoms with Crippen LogP contribution in [0.3, 0.4) is 0 Å². The van der Waals surface area contributed by atoms with Crippen LogP contribution in [0.2, 0.25) is 0 Å². The van der Waals surface area contributed by atoms with Gasteiger partial charge in [0.15, 0.2) is 11.6 Å². The van der Waals surface area contributed by atoms with Gasteiger partial charge in [-0.25, -0.2) is 4.39 Å². The third kappa shape index (κ3) is 3.09. The average molecular weight is 260 g/mol. The van der Waals surface area contributed by atoms with Gasteiger partial charge in [-0.3, -0.25) is 4.98 Å². The van der Waals surface area contributed by atoms with Gasteiger partial charge in [0.2, 0.25) is 0 Å². The second-order valence-electron chi connectivity index (χ2n) is 4.18. The average Bonchev–Trinajstić information content (AvgIpc) is 2.45. The lowest BCUT2D eigenvalue weighted by Gasteiger charge is -2.09. The minimum absolute atomic E-state index is 0.245. The van der Waals surface area contributed by atoms with Crippen LogP contribution in [0.4, 0.5) is 4.39 Å². The van der Waals surface area contributed by atoms with Gasteiger partial charge in [0.1, 0.15) is 0 Å². The molecule has 19 heavy (non-hydrogen) atoms. The lowest BCUT2D eigenvalue weighted by Crippen LogP contribution is -2.11. The van der Waals surface area contributed by atoms with E-state index < -0.39 is 0 Å². The monoisotopic (exact) mass is 260 g/mol. The molecule has 1 aromatic heterocycles. The summed E-state index contributed by atoms with van der Waals surface area (Å²) in [5, 5.41) is 3.22. The van der Waals surface area contributed by atoms with Crippen molar-refractivity contribution in [1.82, 2.24) is 10.3 Å². The lowest BCUT2D eigenvalue weighted by molar-refractivity contribution is 0.387. The van der Waals surface area contributed by atoms with E-state index in [1.54, 1.807) is 30.6 Å².